The number of piperidine rings is 1. The van der Waals surface area contributed by atoms with E-state index in [-0.39, 0.29) is 11.0 Å². The number of carbonyl (C=O) groups is 1. The molecule has 0 atom stereocenters. The molecule has 2 aromatic heterocycles. The molecular weight excluding hydrogens is 322 g/mol. The molecule has 8 heteroatoms. The van der Waals surface area contributed by atoms with Crippen LogP contribution in [0, 0.1) is 0 Å². The number of nitrogens with two attached hydrogens (primary N) is 1. The topological polar surface area (TPSA) is 99.7 Å². The number of fused-ring (bicyclic) bond motifs is 1. The van der Waals surface area contributed by atoms with Gasteiger partial charge >= 0.3 is 5.97 Å². The number of anilines is 2. The fourth-order valence-electron chi connectivity index (χ4n) is 2.65. The number of aromatic nitrogens is 1. The van der Waals surface area contributed by atoms with E-state index >= 15 is 0 Å². The molecule has 0 spiro atoms. The fourth-order valence-corrected chi connectivity index (χ4v) is 4.30. The summed E-state index contributed by atoms with van der Waals surface area (Å²) in [6, 6.07) is 1.96. The number of aromatic carboxylic acids is 1. The third-order valence-corrected chi connectivity index (χ3v) is 5.70. The number of aliphatic hydroxyl groups excluding tert-OH is 1. The minimum atomic E-state index is -1.02. The number of thiophene rings is 1. The summed E-state index contributed by atoms with van der Waals surface area (Å²) in [4.78, 5) is 19.7. The van der Waals surface area contributed by atoms with E-state index in [4.69, 9.17) is 5.73 Å². The minimum absolute atomic E-state index is 0.143. The lowest BCUT2D eigenvalue weighted by atomic mass is 10.1. The molecule has 0 aromatic carbocycles. The molecule has 1 saturated heterocycles. The second-order valence-electron chi connectivity index (χ2n) is 5.23. The SMILES string of the molecule is CSc1cc(N2CCC(O)CC2)nc2sc(C(=O)O)c(N)c12. The van der Waals surface area contributed by atoms with Gasteiger partial charge in [0.1, 0.15) is 15.5 Å². The van der Waals surface area contributed by atoms with Crippen LogP contribution in [-0.2, 0) is 0 Å². The number of rotatable bonds is 3. The number of nitrogen functional groups attached to an aromatic ring is 1. The molecule has 3 heterocycles. The van der Waals surface area contributed by atoms with Gasteiger partial charge in [-0.05, 0) is 25.2 Å². The Labute approximate surface area is 135 Å². The predicted molar refractivity (Wildman–Crippen MR) is 90.2 cm³/mol. The maximum Gasteiger partial charge on any atom is 0.348 e. The minimum Gasteiger partial charge on any atom is -0.477 e. The Bertz CT molecular complexity index is 724. The van der Waals surface area contributed by atoms with E-state index in [1.165, 1.54) is 11.8 Å². The summed E-state index contributed by atoms with van der Waals surface area (Å²) in [5, 5.41) is 19.6. The fraction of sp³-hybridized carbons (Fsp3) is 0.429. The molecule has 1 aliphatic rings. The molecule has 22 heavy (non-hydrogen) atoms. The zero-order valence-corrected chi connectivity index (χ0v) is 13.7. The molecule has 3 rings (SSSR count). The molecule has 118 valence electrons. The van der Waals surface area contributed by atoms with E-state index in [2.05, 4.69) is 9.88 Å². The summed E-state index contributed by atoms with van der Waals surface area (Å²) in [7, 11) is 0. The molecule has 0 radical (unpaired) electrons. The molecule has 0 bridgehead atoms. The van der Waals surface area contributed by atoms with Gasteiger partial charge in [-0.25, -0.2) is 9.78 Å². The van der Waals surface area contributed by atoms with Crippen molar-refractivity contribution in [3.63, 3.8) is 0 Å². The number of carboxylic acid groups (broad SMARTS) is 1. The Morgan fingerprint density at radius 1 is 1.50 bits per heavy atom. The molecular formula is C14H17N3O3S2. The van der Waals surface area contributed by atoms with Crippen molar-refractivity contribution in [1.29, 1.82) is 0 Å². The van der Waals surface area contributed by atoms with Gasteiger partial charge in [0.15, 0.2) is 0 Å². The van der Waals surface area contributed by atoms with Gasteiger partial charge in [0.05, 0.1) is 11.8 Å². The average molecular weight is 339 g/mol. The lowest BCUT2D eigenvalue weighted by molar-refractivity contribution is 0.0703. The molecule has 6 nitrogen and oxygen atoms in total. The zero-order valence-electron chi connectivity index (χ0n) is 12.1. The molecule has 2 aromatic rings. The molecule has 0 amide bonds. The third-order valence-electron chi connectivity index (χ3n) is 3.85. The zero-order chi connectivity index (χ0) is 15.9. The van der Waals surface area contributed by atoms with E-state index in [9.17, 15) is 15.0 Å². The number of thioether (sulfide) groups is 1. The summed E-state index contributed by atoms with van der Waals surface area (Å²) in [5.74, 6) is -0.197. The Kier molecular flexibility index (Phi) is 4.16. The van der Waals surface area contributed by atoms with Crippen molar-refractivity contribution in [3.05, 3.63) is 10.9 Å². The highest BCUT2D eigenvalue weighted by molar-refractivity contribution is 7.98. The first kappa shape index (κ1) is 15.4. The predicted octanol–water partition coefficient (Wildman–Crippen LogP) is 2.26. The van der Waals surface area contributed by atoms with Crippen LogP contribution >= 0.6 is 23.1 Å². The number of pyridine rings is 1. The first-order chi connectivity index (χ1) is 10.5. The van der Waals surface area contributed by atoms with Gasteiger partial charge in [-0.15, -0.1) is 23.1 Å². The number of aliphatic hydroxyl groups is 1. The van der Waals surface area contributed by atoms with Crippen LogP contribution in [0.3, 0.4) is 0 Å². The molecule has 4 N–H and O–H groups in total. The van der Waals surface area contributed by atoms with E-state index in [1.54, 1.807) is 0 Å². The Morgan fingerprint density at radius 2 is 2.18 bits per heavy atom. The monoisotopic (exact) mass is 339 g/mol. The highest BCUT2D eigenvalue weighted by atomic mass is 32.2. The number of hydrogen-bond acceptors (Lipinski definition) is 7. The highest BCUT2D eigenvalue weighted by Crippen LogP contribution is 2.40. The lowest BCUT2D eigenvalue weighted by Gasteiger charge is -2.30. The third kappa shape index (κ3) is 2.62. The van der Waals surface area contributed by atoms with Crippen molar-refractivity contribution in [1.82, 2.24) is 4.98 Å². The van der Waals surface area contributed by atoms with Crippen molar-refractivity contribution in [2.75, 3.05) is 30.0 Å². The van der Waals surface area contributed by atoms with E-state index < -0.39 is 5.97 Å². The second kappa shape index (κ2) is 5.94. The van der Waals surface area contributed by atoms with Crippen LogP contribution in [0.4, 0.5) is 11.5 Å². The molecule has 1 fully saturated rings. The Balaban J connectivity index is 2.08. The molecule has 0 aliphatic carbocycles. The van der Waals surface area contributed by atoms with Gasteiger partial charge < -0.3 is 20.8 Å². The summed E-state index contributed by atoms with van der Waals surface area (Å²) < 4.78 is 0. The Hall–Kier alpha value is -1.51. The lowest BCUT2D eigenvalue weighted by Crippen LogP contribution is -2.36. The maximum absolute atomic E-state index is 11.3. The van der Waals surface area contributed by atoms with Crippen molar-refractivity contribution < 1.29 is 15.0 Å². The molecule has 0 saturated carbocycles. The van der Waals surface area contributed by atoms with Crippen LogP contribution in [-0.4, -0.2) is 46.6 Å². The number of hydrogen-bond donors (Lipinski definition) is 3. The first-order valence-electron chi connectivity index (χ1n) is 6.94. The van der Waals surface area contributed by atoms with Crippen LogP contribution in [0.1, 0.15) is 22.5 Å². The van der Waals surface area contributed by atoms with E-state index in [1.807, 2.05) is 12.3 Å². The van der Waals surface area contributed by atoms with Crippen LogP contribution < -0.4 is 10.6 Å². The second-order valence-corrected chi connectivity index (χ2v) is 7.08. The summed E-state index contributed by atoms with van der Waals surface area (Å²) >= 11 is 2.65. The smallest absolute Gasteiger partial charge is 0.348 e. The summed E-state index contributed by atoms with van der Waals surface area (Å²) in [6.07, 6.45) is 3.15. The van der Waals surface area contributed by atoms with Gasteiger partial charge in [0, 0.05) is 23.4 Å². The number of carboxylic acids is 1. The standard InChI is InChI=1S/C14H17N3O3S2/c1-21-8-6-9(17-4-2-7(18)3-5-17)16-13-10(8)11(15)12(22-13)14(19)20/h6-7,18H,2-5,15H2,1H3,(H,19,20). The molecule has 1 aliphatic heterocycles. The van der Waals surface area contributed by atoms with Crippen molar-refractivity contribution in [2.24, 2.45) is 0 Å². The van der Waals surface area contributed by atoms with Gasteiger partial charge in [-0.3, -0.25) is 0 Å². The van der Waals surface area contributed by atoms with Gasteiger partial charge in [-0.1, -0.05) is 0 Å². The van der Waals surface area contributed by atoms with Gasteiger partial charge in [0.25, 0.3) is 0 Å². The average Bonchev–Trinajstić information content (AvgIpc) is 2.84. The van der Waals surface area contributed by atoms with Crippen molar-refractivity contribution in [3.8, 4) is 0 Å². The normalized spacial score (nSPS) is 16.4. The van der Waals surface area contributed by atoms with Crippen LogP contribution in [0.25, 0.3) is 10.2 Å². The van der Waals surface area contributed by atoms with E-state index in [0.29, 0.717) is 10.5 Å². The van der Waals surface area contributed by atoms with Crippen molar-refractivity contribution >= 4 is 50.8 Å². The maximum atomic E-state index is 11.3. The van der Waals surface area contributed by atoms with E-state index in [0.717, 1.165) is 53.4 Å². The van der Waals surface area contributed by atoms with Gasteiger partial charge in [-0.2, -0.15) is 0 Å². The van der Waals surface area contributed by atoms with Gasteiger partial charge in [0.2, 0.25) is 0 Å². The largest absolute Gasteiger partial charge is 0.477 e. The van der Waals surface area contributed by atoms with Crippen molar-refractivity contribution in [2.45, 2.75) is 23.8 Å². The highest BCUT2D eigenvalue weighted by Gasteiger charge is 2.23. The summed E-state index contributed by atoms with van der Waals surface area (Å²) in [6.45, 7) is 1.50. The first-order valence-corrected chi connectivity index (χ1v) is 8.98. The molecule has 0 unspecified atom stereocenters. The van der Waals surface area contributed by atoms with Crippen LogP contribution in [0.2, 0.25) is 0 Å². The van der Waals surface area contributed by atoms with Crippen LogP contribution in [0.15, 0.2) is 11.0 Å². The summed E-state index contributed by atoms with van der Waals surface area (Å²) in [5.41, 5.74) is 6.29. The Morgan fingerprint density at radius 3 is 2.77 bits per heavy atom. The number of nitrogens with zero attached hydrogens (tertiary/aromatic N) is 2. The van der Waals surface area contributed by atoms with Crippen LogP contribution in [0.5, 0.6) is 0 Å². The quantitative estimate of drug-likeness (QED) is 0.738.